The van der Waals surface area contributed by atoms with Gasteiger partial charge in [0.2, 0.25) is 0 Å². The van der Waals surface area contributed by atoms with E-state index in [9.17, 15) is 10.0 Å². The number of hydrogen-bond donors (Lipinski definition) is 1. The summed E-state index contributed by atoms with van der Waals surface area (Å²) in [4.78, 5) is 12.0. The summed E-state index contributed by atoms with van der Waals surface area (Å²) in [7, 11) is 3.06. The zero-order valence-corrected chi connectivity index (χ0v) is 11.1. The fourth-order valence-corrected chi connectivity index (χ4v) is 1.65. The van der Waals surface area contributed by atoms with Gasteiger partial charge in [0.1, 0.15) is 11.5 Å². The molecule has 1 amide bonds. The molecule has 0 aliphatic heterocycles. The molecule has 2 aromatic rings. The minimum Gasteiger partial charge on any atom is -0.619 e. The highest BCUT2D eigenvalue weighted by atomic mass is 16.5. The molecule has 0 aliphatic carbocycles. The minimum atomic E-state index is -0.319. The number of amides is 1. The van der Waals surface area contributed by atoms with Crippen molar-refractivity contribution in [2.24, 2.45) is 0 Å². The fraction of sp³-hybridized carbons (Fsp3) is 0.143. The average molecular weight is 274 g/mol. The van der Waals surface area contributed by atoms with Gasteiger partial charge in [0.15, 0.2) is 12.4 Å². The van der Waals surface area contributed by atoms with E-state index in [0.717, 1.165) is 0 Å². The molecule has 0 fully saturated rings. The van der Waals surface area contributed by atoms with E-state index in [0.29, 0.717) is 27.5 Å². The molecule has 1 aromatic carbocycles. The Morgan fingerprint density at radius 3 is 2.15 bits per heavy atom. The Morgan fingerprint density at radius 1 is 1.10 bits per heavy atom. The van der Waals surface area contributed by atoms with Crippen LogP contribution in [0.15, 0.2) is 42.7 Å². The first-order valence-electron chi connectivity index (χ1n) is 5.85. The Bertz CT molecular complexity index is 589. The summed E-state index contributed by atoms with van der Waals surface area (Å²) in [6.07, 6.45) is 2.53. The molecule has 20 heavy (non-hydrogen) atoms. The van der Waals surface area contributed by atoms with Crippen molar-refractivity contribution < 1.29 is 19.0 Å². The largest absolute Gasteiger partial charge is 0.619 e. The van der Waals surface area contributed by atoms with E-state index in [1.165, 1.54) is 38.7 Å². The molecule has 1 N–H and O–H groups in total. The van der Waals surface area contributed by atoms with E-state index in [4.69, 9.17) is 9.47 Å². The number of nitrogens with one attached hydrogen (secondary N) is 1. The first-order chi connectivity index (χ1) is 9.62. The molecule has 1 aromatic heterocycles. The molecule has 6 nitrogen and oxygen atoms in total. The lowest BCUT2D eigenvalue weighted by molar-refractivity contribution is -0.605. The van der Waals surface area contributed by atoms with Gasteiger partial charge in [-0.15, -0.1) is 0 Å². The molecule has 6 heteroatoms. The summed E-state index contributed by atoms with van der Waals surface area (Å²) >= 11 is 0. The predicted octanol–water partition coefficient (Wildman–Crippen LogP) is 1.59. The van der Waals surface area contributed by atoms with E-state index in [2.05, 4.69) is 5.32 Å². The second-order valence-electron chi connectivity index (χ2n) is 4.00. The van der Waals surface area contributed by atoms with E-state index in [-0.39, 0.29) is 5.91 Å². The molecule has 1 heterocycles. The van der Waals surface area contributed by atoms with Crippen molar-refractivity contribution in [2.75, 3.05) is 19.5 Å². The van der Waals surface area contributed by atoms with Gasteiger partial charge in [-0.3, -0.25) is 4.79 Å². The van der Waals surface area contributed by atoms with Crippen LogP contribution in [0.4, 0.5) is 5.69 Å². The normalized spacial score (nSPS) is 9.90. The van der Waals surface area contributed by atoms with Crippen LogP contribution in [-0.2, 0) is 0 Å². The highest BCUT2D eigenvalue weighted by Crippen LogP contribution is 2.26. The van der Waals surface area contributed by atoms with Crippen LogP contribution < -0.4 is 19.5 Å². The molecule has 0 aliphatic rings. The van der Waals surface area contributed by atoms with Crippen molar-refractivity contribution in [1.82, 2.24) is 0 Å². The second kappa shape index (κ2) is 5.92. The van der Waals surface area contributed by atoms with Crippen molar-refractivity contribution in [1.29, 1.82) is 0 Å². The molecule has 0 bridgehead atoms. The lowest BCUT2D eigenvalue weighted by atomic mass is 10.2. The van der Waals surface area contributed by atoms with E-state index < -0.39 is 0 Å². The van der Waals surface area contributed by atoms with Crippen LogP contribution in [0.3, 0.4) is 0 Å². The Labute approximate surface area is 116 Å². The van der Waals surface area contributed by atoms with Crippen molar-refractivity contribution >= 4 is 11.6 Å². The number of benzene rings is 1. The molecule has 0 saturated heterocycles. The topological polar surface area (TPSA) is 74.5 Å². The molecule has 0 spiro atoms. The number of hydrogen-bond acceptors (Lipinski definition) is 4. The lowest BCUT2D eigenvalue weighted by Gasteiger charge is -2.09. The van der Waals surface area contributed by atoms with Crippen molar-refractivity contribution in [3.8, 4) is 11.5 Å². The van der Waals surface area contributed by atoms with Gasteiger partial charge in [-0.1, -0.05) is 0 Å². The van der Waals surface area contributed by atoms with Gasteiger partial charge in [-0.25, -0.2) is 0 Å². The van der Waals surface area contributed by atoms with Crippen LogP contribution in [0.25, 0.3) is 0 Å². The van der Waals surface area contributed by atoms with Gasteiger partial charge < -0.3 is 20.0 Å². The molecule has 2 rings (SSSR count). The van der Waals surface area contributed by atoms with Crippen LogP contribution in [-0.4, -0.2) is 20.1 Å². The van der Waals surface area contributed by atoms with Crippen LogP contribution in [0, 0.1) is 5.21 Å². The van der Waals surface area contributed by atoms with Crippen molar-refractivity contribution in [3.63, 3.8) is 0 Å². The maximum Gasteiger partial charge on any atom is 0.256 e. The Hall–Kier alpha value is -2.76. The third kappa shape index (κ3) is 3.17. The first-order valence-corrected chi connectivity index (χ1v) is 5.85. The molecule has 0 saturated carbocycles. The molecule has 0 atom stereocenters. The summed E-state index contributed by atoms with van der Waals surface area (Å²) in [5, 5.41) is 13.6. The minimum absolute atomic E-state index is 0.319. The number of nitrogens with zero attached hydrogens (tertiary/aromatic N) is 1. The zero-order chi connectivity index (χ0) is 14.5. The quantitative estimate of drug-likeness (QED) is 0.678. The standard InChI is InChI=1S/C14H14N2O4/c1-19-12-7-11(8-13(9-12)20-2)15-14(17)10-3-5-16(18)6-4-10/h3-9H,1-2H3,(H,15,17). The van der Waals surface area contributed by atoms with Crippen LogP contribution in [0.5, 0.6) is 11.5 Å². The van der Waals surface area contributed by atoms with E-state index >= 15 is 0 Å². The number of ether oxygens (including phenoxy) is 2. The third-order valence-corrected chi connectivity index (χ3v) is 2.67. The van der Waals surface area contributed by atoms with Crippen molar-refractivity contribution in [3.05, 3.63) is 53.5 Å². The predicted molar refractivity (Wildman–Crippen MR) is 72.9 cm³/mol. The number of carbonyl (C=O) groups is 1. The summed E-state index contributed by atoms with van der Waals surface area (Å²) in [6, 6.07) is 7.95. The van der Waals surface area contributed by atoms with Gasteiger partial charge in [0, 0.05) is 36.0 Å². The van der Waals surface area contributed by atoms with Crippen LogP contribution in [0.1, 0.15) is 10.4 Å². The van der Waals surface area contributed by atoms with Gasteiger partial charge in [0.25, 0.3) is 5.91 Å². The van der Waals surface area contributed by atoms with Crippen LogP contribution in [0.2, 0.25) is 0 Å². The lowest BCUT2D eigenvalue weighted by Crippen LogP contribution is -2.25. The highest BCUT2D eigenvalue weighted by molar-refractivity contribution is 6.04. The number of rotatable bonds is 4. The smallest absolute Gasteiger partial charge is 0.256 e. The monoisotopic (exact) mass is 274 g/mol. The SMILES string of the molecule is COc1cc(NC(=O)c2cc[n+]([O-])cc2)cc(OC)c1. The summed E-state index contributed by atoms with van der Waals surface area (Å²) in [5.74, 6) is 0.830. The van der Waals surface area contributed by atoms with Gasteiger partial charge in [-0.2, -0.15) is 4.73 Å². The Kier molecular flexibility index (Phi) is 4.05. The fourth-order valence-electron chi connectivity index (χ4n) is 1.65. The number of aromatic nitrogens is 1. The third-order valence-electron chi connectivity index (χ3n) is 2.67. The van der Waals surface area contributed by atoms with Gasteiger partial charge >= 0.3 is 0 Å². The molecule has 0 radical (unpaired) electrons. The second-order valence-corrected chi connectivity index (χ2v) is 4.00. The van der Waals surface area contributed by atoms with E-state index in [1.54, 1.807) is 18.2 Å². The molecular formula is C14H14N2O4. The zero-order valence-electron chi connectivity index (χ0n) is 11.1. The highest BCUT2D eigenvalue weighted by Gasteiger charge is 2.09. The molecule has 104 valence electrons. The number of anilines is 1. The summed E-state index contributed by atoms with van der Waals surface area (Å²) in [6.45, 7) is 0. The average Bonchev–Trinajstić information content (AvgIpc) is 2.47. The van der Waals surface area contributed by atoms with E-state index in [1.807, 2.05) is 0 Å². The number of methoxy groups -OCH3 is 2. The molecular weight excluding hydrogens is 260 g/mol. The van der Waals surface area contributed by atoms with Crippen LogP contribution >= 0.6 is 0 Å². The number of pyridine rings is 1. The maximum atomic E-state index is 12.0. The summed E-state index contributed by atoms with van der Waals surface area (Å²) in [5.41, 5.74) is 0.934. The number of carbonyl (C=O) groups excluding carboxylic acids is 1. The summed E-state index contributed by atoms with van der Waals surface area (Å²) < 4.78 is 10.9. The maximum absolute atomic E-state index is 12.0. The Morgan fingerprint density at radius 2 is 1.65 bits per heavy atom. The molecule has 0 unspecified atom stereocenters. The Balaban J connectivity index is 2.20. The van der Waals surface area contributed by atoms with Gasteiger partial charge in [-0.05, 0) is 0 Å². The van der Waals surface area contributed by atoms with Gasteiger partial charge in [0.05, 0.1) is 19.8 Å². The first kappa shape index (κ1) is 13.7. The van der Waals surface area contributed by atoms with Crippen molar-refractivity contribution in [2.45, 2.75) is 0 Å².